The molecule has 200 valence electrons. The fraction of sp³-hybridized carbons (Fsp3) is 0.281. The van der Waals surface area contributed by atoms with Crippen LogP contribution in [-0.2, 0) is 11.2 Å². The van der Waals surface area contributed by atoms with Crippen LogP contribution in [0, 0.1) is 11.3 Å². The number of fused-ring (bicyclic) bond motifs is 2. The van der Waals surface area contributed by atoms with Gasteiger partial charge in [-0.2, -0.15) is 0 Å². The lowest BCUT2D eigenvalue weighted by atomic mass is 9.69. The molecule has 2 aromatic carbocycles. The van der Waals surface area contributed by atoms with Crippen LogP contribution >= 0.6 is 22.9 Å². The average molecular weight is 560 g/mol. The lowest BCUT2D eigenvalue weighted by Crippen LogP contribution is -2.29. The Morgan fingerprint density at radius 1 is 1.05 bits per heavy atom. The molecule has 39 heavy (non-hydrogen) atoms. The topological polar surface area (TPSA) is 65.5 Å². The van der Waals surface area contributed by atoms with Crippen molar-refractivity contribution in [1.82, 2.24) is 4.98 Å². The Bertz CT molecular complexity index is 1580. The monoisotopic (exact) mass is 559 g/mol. The number of rotatable bonds is 6. The molecule has 0 aliphatic heterocycles. The number of thiophene rings is 1. The number of allylic oxidation sites excluding steroid dienone is 1. The van der Waals surface area contributed by atoms with E-state index in [1.807, 2.05) is 48.5 Å². The van der Waals surface area contributed by atoms with Crippen molar-refractivity contribution in [1.29, 1.82) is 0 Å². The second-order valence-electron chi connectivity index (χ2n) is 10.8. The van der Waals surface area contributed by atoms with E-state index in [9.17, 15) is 9.59 Å². The fourth-order valence-corrected chi connectivity index (χ4v) is 5.98. The smallest absolute Gasteiger partial charge is 0.339 e. The highest BCUT2D eigenvalue weighted by Crippen LogP contribution is 2.45. The van der Waals surface area contributed by atoms with Crippen molar-refractivity contribution in [3.05, 3.63) is 92.3 Å². The number of para-hydroxylation sites is 1. The second kappa shape index (κ2) is 10.9. The normalized spacial score (nSPS) is 16.2. The zero-order valence-electron chi connectivity index (χ0n) is 22.4. The Balaban J connectivity index is 1.60. The van der Waals surface area contributed by atoms with Gasteiger partial charge in [0.05, 0.1) is 33.1 Å². The Morgan fingerprint density at radius 3 is 2.46 bits per heavy atom. The van der Waals surface area contributed by atoms with E-state index >= 15 is 0 Å². The van der Waals surface area contributed by atoms with Gasteiger partial charge >= 0.3 is 5.97 Å². The van der Waals surface area contributed by atoms with Gasteiger partial charge in [0.2, 0.25) is 5.78 Å². The molecule has 1 aliphatic rings. The standard InChI is InChI=1S/C32H30ClNO4S/c1-32(2,3)21-16-20(15-19-9-11-22(37-4)12-10-19)30-24(17-21)29(23-7-5-6-8-25(23)34-30)31(36)38-18-26(35)27-13-14-28(33)39-27/h5-15,21H,16-18H2,1-4H3/b20-15-. The molecular formula is C32H30ClNO4S. The Kier molecular flexibility index (Phi) is 7.61. The van der Waals surface area contributed by atoms with E-state index < -0.39 is 5.97 Å². The van der Waals surface area contributed by atoms with Crippen molar-refractivity contribution in [3.8, 4) is 5.75 Å². The number of benzene rings is 2. The molecule has 4 aromatic rings. The molecule has 0 spiro atoms. The predicted molar refractivity (Wildman–Crippen MR) is 158 cm³/mol. The van der Waals surface area contributed by atoms with Gasteiger partial charge in [0.1, 0.15) is 5.75 Å². The first-order valence-electron chi connectivity index (χ1n) is 12.9. The Morgan fingerprint density at radius 2 is 1.79 bits per heavy atom. The largest absolute Gasteiger partial charge is 0.497 e. The number of ether oxygens (including phenoxy) is 2. The molecule has 0 amide bonds. The van der Waals surface area contributed by atoms with Gasteiger partial charge in [0, 0.05) is 5.39 Å². The summed E-state index contributed by atoms with van der Waals surface area (Å²) in [4.78, 5) is 31.9. The SMILES string of the molecule is COc1ccc(/C=C2/CC(C(C)(C)C)Cc3c2nc2ccccc2c3C(=O)OCC(=O)c2ccc(Cl)s2)cc1. The first kappa shape index (κ1) is 27.1. The van der Waals surface area contributed by atoms with Crippen molar-refractivity contribution in [2.24, 2.45) is 11.3 Å². The molecule has 1 unspecified atom stereocenters. The van der Waals surface area contributed by atoms with Crippen LogP contribution in [0.25, 0.3) is 22.6 Å². The lowest BCUT2D eigenvalue weighted by molar-refractivity contribution is 0.0475. The third-order valence-electron chi connectivity index (χ3n) is 7.28. The maximum absolute atomic E-state index is 13.7. The van der Waals surface area contributed by atoms with Gasteiger partial charge in [-0.15, -0.1) is 11.3 Å². The molecule has 0 saturated carbocycles. The molecule has 2 heterocycles. The second-order valence-corrected chi connectivity index (χ2v) is 12.6. The summed E-state index contributed by atoms with van der Waals surface area (Å²) in [6.07, 6.45) is 3.67. The molecule has 0 radical (unpaired) electrons. The van der Waals surface area contributed by atoms with Crippen molar-refractivity contribution >= 4 is 57.2 Å². The quantitative estimate of drug-likeness (QED) is 0.176. The zero-order valence-corrected chi connectivity index (χ0v) is 24.0. The number of carbonyl (C=O) groups excluding carboxylic acids is 2. The van der Waals surface area contributed by atoms with E-state index in [2.05, 4.69) is 26.8 Å². The fourth-order valence-electron chi connectivity index (χ4n) is 5.01. The van der Waals surface area contributed by atoms with Crippen LogP contribution in [0.5, 0.6) is 5.75 Å². The number of methoxy groups -OCH3 is 1. The number of pyridine rings is 1. The lowest BCUT2D eigenvalue weighted by Gasteiger charge is -2.36. The van der Waals surface area contributed by atoms with E-state index in [0.29, 0.717) is 21.2 Å². The van der Waals surface area contributed by atoms with E-state index in [4.69, 9.17) is 26.1 Å². The molecule has 0 fully saturated rings. The minimum Gasteiger partial charge on any atom is -0.497 e. The summed E-state index contributed by atoms with van der Waals surface area (Å²) in [7, 11) is 1.65. The summed E-state index contributed by atoms with van der Waals surface area (Å²) in [6, 6.07) is 18.8. The molecule has 0 saturated heterocycles. The van der Waals surface area contributed by atoms with Crippen LogP contribution in [0.2, 0.25) is 4.34 Å². The minimum absolute atomic E-state index is 0.00207. The third-order valence-corrected chi connectivity index (χ3v) is 8.55. The van der Waals surface area contributed by atoms with Crippen molar-refractivity contribution in [3.63, 3.8) is 0 Å². The number of hydrogen-bond acceptors (Lipinski definition) is 6. The molecule has 0 bridgehead atoms. The van der Waals surface area contributed by atoms with Crippen LogP contribution in [0.4, 0.5) is 0 Å². The van der Waals surface area contributed by atoms with Gasteiger partial charge in [-0.1, -0.05) is 62.7 Å². The summed E-state index contributed by atoms with van der Waals surface area (Å²) in [5.41, 5.74) is 5.00. The maximum atomic E-state index is 13.7. The van der Waals surface area contributed by atoms with E-state index in [0.717, 1.165) is 45.5 Å². The van der Waals surface area contributed by atoms with Crippen LogP contribution < -0.4 is 4.74 Å². The minimum atomic E-state index is -0.515. The summed E-state index contributed by atoms with van der Waals surface area (Å²) in [6.45, 7) is 6.33. The van der Waals surface area contributed by atoms with E-state index in [1.165, 1.54) is 11.3 Å². The van der Waals surface area contributed by atoms with Gasteiger partial charge in [0.25, 0.3) is 0 Å². The number of halogens is 1. The predicted octanol–water partition coefficient (Wildman–Crippen LogP) is 8.15. The molecule has 0 N–H and O–H groups in total. The van der Waals surface area contributed by atoms with Crippen LogP contribution in [-0.4, -0.2) is 30.5 Å². The number of nitrogens with zero attached hydrogens (tertiary/aromatic N) is 1. The molecule has 1 aliphatic carbocycles. The molecule has 7 heteroatoms. The molecule has 5 rings (SSSR count). The van der Waals surface area contributed by atoms with Gasteiger partial charge in [-0.25, -0.2) is 9.78 Å². The number of esters is 1. The summed E-state index contributed by atoms with van der Waals surface area (Å²) >= 11 is 7.16. The molecular weight excluding hydrogens is 530 g/mol. The number of hydrogen-bond donors (Lipinski definition) is 0. The van der Waals surface area contributed by atoms with Gasteiger partial charge in [-0.3, -0.25) is 4.79 Å². The average Bonchev–Trinajstić information content (AvgIpc) is 3.36. The van der Waals surface area contributed by atoms with Crippen LogP contribution in [0.1, 0.15) is 64.0 Å². The molecule has 5 nitrogen and oxygen atoms in total. The van der Waals surface area contributed by atoms with E-state index in [-0.39, 0.29) is 23.7 Å². The Hall–Kier alpha value is -3.48. The van der Waals surface area contributed by atoms with Crippen molar-refractivity contribution in [2.45, 2.75) is 33.6 Å². The summed E-state index contributed by atoms with van der Waals surface area (Å²) in [5.74, 6) is 0.278. The third kappa shape index (κ3) is 5.77. The number of aromatic nitrogens is 1. The highest BCUT2D eigenvalue weighted by Gasteiger charge is 2.35. The molecule has 2 aromatic heterocycles. The van der Waals surface area contributed by atoms with Crippen LogP contribution in [0.15, 0.2) is 60.7 Å². The summed E-state index contributed by atoms with van der Waals surface area (Å²) < 4.78 is 11.5. The highest BCUT2D eigenvalue weighted by atomic mass is 35.5. The maximum Gasteiger partial charge on any atom is 0.339 e. The Labute approximate surface area is 237 Å². The first-order valence-corrected chi connectivity index (χ1v) is 14.1. The van der Waals surface area contributed by atoms with Crippen molar-refractivity contribution < 1.29 is 19.1 Å². The number of carbonyl (C=O) groups is 2. The first-order chi connectivity index (χ1) is 18.6. The number of Topliss-reactive ketones (excluding diaryl/α,β-unsaturated/α-hetero) is 1. The van der Waals surface area contributed by atoms with E-state index in [1.54, 1.807) is 19.2 Å². The summed E-state index contributed by atoms with van der Waals surface area (Å²) in [5, 5.41) is 0.728. The van der Waals surface area contributed by atoms with Gasteiger partial charge in [0.15, 0.2) is 6.61 Å². The van der Waals surface area contributed by atoms with Gasteiger partial charge in [-0.05, 0) is 77.3 Å². The zero-order chi connectivity index (χ0) is 27.7. The highest BCUT2D eigenvalue weighted by molar-refractivity contribution is 7.18. The molecule has 1 atom stereocenters. The van der Waals surface area contributed by atoms with Crippen LogP contribution in [0.3, 0.4) is 0 Å². The van der Waals surface area contributed by atoms with Crippen molar-refractivity contribution in [2.75, 3.05) is 13.7 Å². The van der Waals surface area contributed by atoms with Gasteiger partial charge < -0.3 is 9.47 Å². The number of ketones is 1.